The van der Waals surface area contributed by atoms with Crippen LogP contribution in [0.5, 0.6) is 0 Å². The quantitative estimate of drug-likeness (QED) is 0.612. The Kier molecular flexibility index (Phi) is 3.99. The molecule has 2 aliphatic rings. The molecular weight excluding hydrogens is 440 g/mol. The van der Waals surface area contributed by atoms with Gasteiger partial charge in [0, 0.05) is 21.4 Å². The number of fused-ring (bicyclic) bond motifs is 2. The highest BCUT2D eigenvalue weighted by molar-refractivity contribution is 9.10. The zero-order chi connectivity index (χ0) is 19.4. The molecule has 6 nitrogen and oxygen atoms in total. The number of benzene rings is 2. The number of hydrogen-bond acceptors (Lipinski definition) is 5. The van der Waals surface area contributed by atoms with Crippen molar-refractivity contribution in [3.63, 3.8) is 0 Å². The number of carbonyl (C=O) groups is 1. The number of anilines is 2. The van der Waals surface area contributed by atoms with Gasteiger partial charge >= 0.3 is 0 Å². The van der Waals surface area contributed by atoms with Crippen molar-refractivity contribution in [2.45, 2.75) is 13.6 Å². The highest BCUT2D eigenvalue weighted by atomic mass is 79.9. The molecule has 1 amide bonds. The molecule has 0 unspecified atom stereocenters. The minimum Gasteiger partial charge on any atom is -0.334 e. The van der Waals surface area contributed by atoms with Crippen LogP contribution in [-0.4, -0.2) is 17.1 Å². The molecule has 0 radical (unpaired) electrons. The van der Waals surface area contributed by atoms with E-state index in [1.807, 2.05) is 54.3 Å². The molecule has 0 saturated carbocycles. The van der Waals surface area contributed by atoms with E-state index in [4.69, 9.17) is 0 Å². The number of nitrogens with zero attached hydrogens (tertiary/aromatic N) is 3. The summed E-state index contributed by atoms with van der Waals surface area (Å²) in [7, 11) is 0. The summed E-state index contributed by atoms with van der Waals surface area (Å²) in [5.41, 5.74) is 3.83. The van der Waals surface area contributed by atoms with Gasteiger partial charge < -0.3 is 10.2 Å². The van der Waals surface area contributed by atoms with Gasteiger partial charge in [0.05, 0.1) is 5.57 Å². The van der Waals surface area contributed by atoms with Gasteiger partial charge in [-0.3, -0.25) is 14.2 Å². The van der Waals surface area contributed by atoms with E-state index in [1.54, 1.807) is 4.57 Å². The second kappa shape index (κ2) is 6.42. The summed E-state index contributed by atoms with van der Waals surface area (Å²) in [4.78, 5) is 33.0. The Balaban J connectivity index is 1.65. The van der Waals surface area contributed by atoms with E-state index in [0.29, 0.717) is 28.2 Å². The lowest BCUT2D eigenvalue weighted by molar-refractivity contribution is -0.110. The predicted octanol–water partition coefficient (Wildman–Crippen LogP) is 2.19. The van der Waals surface area contributed by atoms with Crippen molar-refractivity contribution in [2.24, 2.45) is 4.99 Å². The molecule has 3 heterocycles. The van der Waals surface area contributed by atoms with Crippen LogP contribution in [0, 0.1) is 6.92 Å². The molecule has 2 aliphatic heterocycles. The summed E-state index contributed by atoms with van der Waals surface area (Å²) in [6, 6.07) is 13.7. The number of aryl methyl sites for hydroxylation is 1. The number of aromatic nitrogens is 1. The van der Waals surface area contributed by atoms with Crippen molar-refractivity contribution < 1.29 is 4.79 Å². The van der Waals surface area contributed by atoms with E-state index >= 15 is 0 Å². The SMILES string of the molecule is Cc1ccc2c(c1)C(=c1sc3n(c1=O)CN(c1ccc(Br)cc1)CN=3)C(=O)N2. The number of thiazole rings is 1. The molecule has 0 spiro atoms. The summed E-state index contributed by atoms with van der Waals surface area (Å²) in [6.07, 6.45) is 0. The van der Waals surface area contributed by atoms with Crippen molar-refractivity contribution in [3.8, 4) is 0 Å². The summed E-state index contributed by atoms with van der Waals surface area (Å²) in [6.45, 7) is 2.85. The first-order valence-corrected chi connectivity index (χ1v) is 10.3. The Morgan fingerprint density at radius 2 is 1.93 bits per heavy atom. The second-order valence-electron chi connectivity index (χ2n) is 6.78. The van der Waals surface area contributed by atoms with Gasteiger partial charge in [-0.25, -0.2) is 4.99 Å². The molecule has 1 N–H and O–H groups in total. The Labute approximate surface area is 172 Å². The molecular formula is C20H15BrN4O2S. The van der Waals surface area contributed by atoms with E-state index in [-0.39, 0.29) is 11.5 Å². The lowest BCUT2D eigenvalue weighted by Crippen LogP contribution is -2.43. The van der Waals surface area contributed by atoms with E-state index in [2.05, 4.69) is 26.2 Å². The molecule has 0 fully saturated rings. The van der Waals surface area contributed by atoms with Crippen LogP contribution in [0.2, 0.25) is 0 Å². The van der Waals surface area contributed by atoms with E-state index in [1.165, 1.54) is 11.3 Å². The molecule has 0 atom stereocenters. The minimum atomic E-state index is -0.235. The monoisotopic (exact) mass is 454 g/mol. The Hall–Kier alpha value is -2.71. The maximum absolute atomic E-state index is 13.2. The maximum Gasteiger partial charge on any atom is 0.272 e. The topological polar surface area (TPSA) is 66.7 Å². The van der Waals surface area contributed by atoms with Gasteiger partial charge in [0.15, 0.2) is 4.80 Å². The van der Waals surface area contributed by atoms with Crippen molar-refractivity contribution in [2.75, 3.05) is 16.9 Å². The van der Waals surface area contributed by atoms with Gasteiger partial charge in [0.2, 0.25) is 0 Å². The third-order valence-electron chi connectivity index (χ3n) is 4.89. The van der Waals surface area contributed by atoms with E-state index in [0.717, 1.165) is 27.0 Å². The minimum absolute atomic E-state index is 0.176. The molecule has 5 rings (SSSR count). The maximum atomic E-state index is 13.2. The molecule has 0 aliphatic carbocycles. The molecule has 1 aromatic heterocycles. The second-order valence-corrected chi connectivity index (χ2v) is 8.68. The summed E-state index contributed by atoms with van der Waals surface area (Å²) in [5, 5.41) is 2.86. The fourth-order valence-corrected chi connectivity index (χ4v) is 4.81. The predicted molar refractivity (Wildman–Crippen MR) is 113 cm³/mol. The fourth-order valence-electron chi connectivity index (χ4n) is 3.48. The number of halogens is 1. The third-order valence-corrected chi connectivity index (χ3v) is 6.53. The van der Waals surface area contributed by atoms with Gasteiger partial charge in [-0.1, -0.05) is 38.9 Å². The molecule has 2 aromatic carbocycles. The van der Waals surface area contributed by atoms with Crippen LogP contribution in [0.4, 0.5) is 11.4 Å². The van der Waals surface area contributed by atoms with Crippen molar-refractivity contribution in [3.05, 3.63) is 77.8 Å². The lowest BCUT2D eigenvalue weighted by Gasteiger charge is -2.25. The normalized spacial score (nSPS) is 17.1. The van der Waals surface area contributed by atoms with Crippen LogP contribution in [0.15, 0.2) is 56.7 Å². The fraction of sp³-hybridized carbons (Fsp3) is 0.150. The van der Waals surface area contributed by atoms with Gasteiger partial charge in [0.25, 0.3) is 11.5 Å². The molecule has 0 saturated heterocycles. The van der Waals surface area contributed by atoms with Crippen LogP contribution >= 0.6 is 27.3 Å². The van der Waals surface area contributed by atoms with Gasteiger partial charge in [-0.15, -0.1) is 0 Å². The van der Waals surface area contributed by atoms with E-state index < -0.39 is 0 Å². The Morgan fingerprint density at radius 1 is 1.14 bits per heavy atom. The molecule has 28 heavy (non-hydrogen) atoms. The number of carbonyl (C=O) groups excluding carboxylic acids is 1. The van der Waals surface area contributed by atoms with Crippen molar-refractivity contribution in [1.29, 1.82) is 0 Å². The van der Waals surface area contributed by atoms with Gasteiger partial charge in [0.1, 0.15) is 17.9 Å². The van der Waals surface area contributed by atoms with Crippen molar-refractivity contribution in [1.82, 2.24) is 4.57 Å². The highest BCUT2D eigenvalue weighted by Crippen LogP contribution is 2.30. The number of amides is 1. The highest BCUT2D eigenvalue weighted by Gasteiger charge is 2.28. The summed E-state index contributed by atoms with van der Waals surface area (Å²) < 4.78 is 3.08. The first-order valence-electron chi connectivity index (χ1n) is 8.72. The Bertz CT molecular complexity index is 1310. The van der Waals surface area contributed by atoms with Crippen LogP contribution < -0.4 is 25.1 Å². The third kappa shape index (κ3) is 2.71. The number of rotatable bonds is 1. The number of nitrogens with one attached hydrogen (secondary N) is 1. The summed E-state index contributed by atoms with van der Waals surface area (Å²) in [5.74, 6) is -0.235. The average molecular weight is 455 g/mol. The van der Waals surface area contributed by atoms with Crippen LogP contribution in [0.3, 0.4) is 0 Å². The standard InChI is InChI=1S/C20H15BrN4O2S/c1-11-2-7-15-14(8-11)16(18(26)23-15)17-19(27)25-10-24(9-22-20(25)28-17)13-5-3-12(21)4-6-13/h2-8H,9-10H2,1H3,(H,23,26). The van der Waals surface area contributed by atoms with Gasteiger partial charge in [-0.2, -0.15) is 0 Å². The molecule has 3 aromatic rings. The molecule has 8 heteroatoms. The first-order chi connectivity index (χ1) is 13.5. The molecule has 140 valence electrons. The van der Waals surface area contributed by atoms with E-state index in [9.17, 15) is 9.59 Å². The lowest BCUT2D eigenvalue weighted by atomic mass is 10.1. The largest absolute Gasteiger partial charge is 0.334 e. The van der Waals surface area contributed by atoms with Crippen LogP contribution in [0.1, 0.15) is 11.1 Å². The first kappa shape index (κ1) is 17.4. The zero-order valence-electron chi connectivity index (χ0n) is 14.9. The van der Waals surface area contributed by atoms with Gasteiger partial charge in [-0.05, 0) is 43.3 Å². The Morgan fingerprint density at radius 3 is 2.71 bits per heavy atom. The average Bonchev–Trinajstić information content (AvgIpc) is 3.17. The smallest absolute Gasteiger partial charge is 0.272 e. The molecule has 0 bridgehead atoms. The summed E-state index contributed by atoms with van der Waals surface area (Å²) >= 11 is 4.72. The van der Waals surface area contributed by atoms with Crippen LogP contribution in [-0.2, 0) is 11.5 Å². The van der Waals surface area contributed by atoms with Crippen molar-refractivity contribution >= 4 is 50.1 Å². The number of hydrogen-bond donors (Lipinski definition) is 1. The van der Waals surface area contributed by atoms with Crippen LogP contribution in [0.25, 0.3) is 5.57 Å². The zero-order valence-corrected chi connectivity index (χ0v) is 17.3.